The first-order chi connectivity index (χ1) is 9.53. The van der Waals surface area contributed by atoms with E-state index >= 15 is 0 Å². The van der Waals surface area contributed by atoms with Crippen molar-refractivity contribution in [1.82, 2.24) is 9.80 Å². The molecular formula is C16H25N3O. The van der Waals surface area contributed by atoms with Crippen LogP contribution in [0.15, 0.2) is 30.3 Å². The lowest BCUT2D eigenvalue weighted by atomic mass is 9.91. The maximum absolute atomic E-state index is 12.3. The van der Waals surface area contributed by atoms with Crippen molar-refractivity contribution < 1.29 is 4.79 Å². The van der Waals surface area contributed by atoms with Gasteiger partial charge in [-0.2, -0.15) is 0 Å². The number of carbonyl (C=O) groups is 1. The zero-order valence-corrected chi connectivity index (χ0v) is 12.5. The van der Waals surface area contributed by atoms with Crippen molar-refractivity contribution in [2.24, 2.45) is 11.1 Å². The lowest BCUT2D eigenvalue weighted by Crippen LogP contribution is -2.53. The Hall–Kier alpha value is -1.39. The second kappa shape index (κ2) is 6.37. The van der Waals surface area contributed by atoms with Crippen LogP contribution in [0.3, 0.4) is 0 Å². The summed E-state index contributed by atoms with van der Waals surface area (Å²) >= 11 is 0. The SMILES string of the molecule is CC(C)(CN)C(=O)N1CCN(Cc2ccccc2)CC1. The molecule has 1 heterocycles. The van der Waals surface area contributed by atoms with E-state index in [0.29, 0.717) is 6.54 Å². The summed E-state index contributed by atoms with van der Waals surface area (Å²) in [4.78, 5) is 16.7. The maximum Gasteiger partial charge on any atom is 0.229 e. The molecule has 20 heavy (non-hydrogen) atoms. The van der Waals surface area contributed by atoms with Crippen LogP contribution in [0, 0.1) is 5.41 Å². The summed E-state index contributed by atoms with van der Waals surface area (Å²) in [7, 11) is 0. The quantitative estimate of drug-likeness (QED) is 0.901. The van der Waals surface area contributed by atoms with Crippen molar-refractivity contribution in [3.8, 4) is 0 Å². The molecule has 2 rings (SSSR count). The molecule has 110 valence electrons. The third-order valence-electron chi connectivity index (χ3n) is 4.00. The van der Waals surface area contributed by atoms with Gasteiger partial charge in [0.15, 0.2) is 0 Å². The molecule has 1 amide bonds. The predicted molar refractivity (Wildman–Crippen MR) is 81.1 cm³/mol. The molecule has 0 unspecified atom stereocenters. The van der Waals surface area contributed by atoms with Gasteiger partial charge >= 0.3 is 0 Å². The second-order valence-electron chi connectivity index (χ2n) is 6.14. The Bertz CT molecular complexity index is 436. The van der Waals surface area contributed by atoms with Crippen molar-refractivity contribution >= 4 is 5.91 Å². The van der Waals surface area contributed by atoms with Crippen LogP contribution >= 0.6 is 0 Å². The number of piperazine rings is 1. The van der Waals surface area contributed by atoms with E-state index < -0.39 is 5.41 Å². The third kappa shape index (κ3) is 3.58. The molecule has 1 aliphatic heterocycles. The first-order valence-electron chi connectivity index (χ1n) is 7.28. The average Bonchev–Trinajstić information content (AvgIpc) is 2.48. The highest BCUT2D eigenvalue weighted by atomic mass is 16.2. The molecule has 2 N–H and O–H groups in total. The molecule has 0 atom stereocenters. The number of benzene rings is 1. The highest BCUT2D eigenvalue weighted by molar-refractivity contribution is 5.82. The number of carbonyl (C=O) groups excluding carboxylic acids is 1. The van der Waals surface area contributed by atoms with Gasteiger partial charge in [0, 0.05) is 39.3 Å². The number of hydrogen-bond donors (Lipinski definition) is 1. The Morgan fingerprint density at radius 3 is 2.30 bits per heavy atom. The summed E-state index contributed by atoms with van der Waals surface area (Å²) in [5.41, 5.74) is 6.57. The number of rotatable bonds is 4. The number of amides is 1. The maximum atomic E-state index is 12.3. The number of nitrogens with two attached hydrogens (primary N) is 1. The fraction of sp³-hybridized carbons (Fsp3) is 0.562. The van der Waals surface area contributed by atoms with Gasteiger partial charge in [-0.05, 0) is 19.4 Å². The van der Waals surface area contributed by atoms with Crippen LogP contribution in [-0.4, -0.2) is 48.4 Å². The summed E-state index contributed by atoms with van der Waals surface area (Å²) in [5.74, 6) is 0.180. The fourth-order valence-electron chi connectivity index (χ4n) is 2.47. The Labute approximate surface area is 121 Å². The Kier molecular flexibility index (Phi) is 4.78. The third-order valence-corrected chi connectivity index (χ3v) is 4.00. The highest BCUT2D eigenvalue weighted by Crippen LogP contribution is 2.18. The van der Waals surface area contributed by atoms with Crippen molar-refractivity contribution in [3.05, 3.63) is 35.9 Å². The number of nitrogens with zero attached hydrogens (tertiary/aromatic N) is 2. The molecule has 1 aromatic carbocycles. The molecule has 1 fully saturated rings. The molecule has 1 aromatic rings. The van der Waals surface area contributed by atoms with Crippen molar-refractivity contribution in [1.29, 1.82) is 0 Å². The standard InChI is InChI=1S/C16H25N3O/c1-16(2,13-17)15(20)19-10-8-18(9-11-19)12-14-6-4-3-5-7-14/h3-7H,8-13,17H2,1-2H3. The van der Waals surface area contributed by atoms with Gasteiger partial charge in [-0.3, -0.25) is 9.69 Å². The highest BCUT2D eigenvalue weighted by Gasteiger charge is 2.32. The van der Waals surface area contributed by atoms with Gasteiger partial charge in [-0.15, -0.1) is 0 Å². The minimum atomic E-state index is -0.443. The largest absolute Gasteiger partial charge is 0.340 e. The van der Waals surface area contributed by atoms with Gasteiger partial charge in [0.25, 0.3) is 0 Å². The summed E-state index contributed by atoms with van der Waals surface area (Å²) in [6.45, 7) is 8.67. The van der Waals surface area contributed by atoms with Gasteiger partial charge < -0.3 is 10.6 Å². The zero-order valence-electron chi connectivity index (χ0n) is 12.5. The van der Waals surface area contributed by atoms with Crippen LogP contribution in [0.2, 0.25) is 0 Å². The van der Waals surface area contributed by atoms with Crippen molar-refractivity contribution in [3.63, 3.8) is 0 Å². The van der Waals surface area contributed by atoms with Gasteiger partial charge in [-0.25, -0.2) is 0 Å². The first kappa shape index (κ1) is 15.0. The Balaban J connectivity index is 1.85. The monoisotopic (exact) mass is 275 g/mol. The minimum Gasteiger partial charge on any atom is -0.340 e. The summed E-state index contributed by atoms with van der Waals surface area (Å²) < 4.78 is 0. The average molecular weight is 275 g/mol. The summed E-state index contributed by atoms with van der Waals surface area (Å²) in [6.07, 6.45) is 0. The normalized spacial score (nSPS) is 17.2. The Morgan fingerprint density at radius 2 is 1.75 bits per heavy atom. The molecule has 0 aromatic heterocycles. The molecule has 1 aliphatic rings. The van der Waals surface area contributed by atoms with E-state index in [1.54, 1.807) is 0 Å². The van der Waals surface area contributed by atoms with E-state index in [-0.39, 0.29) is 5.91 Å². The van der Waals surface area contributed by atoms with Gasteiger partial charge in [0.05, 0.1) is 5.41 Å². The van der Waals surface area contributed by atoms with E-state index in [1.807, 2.05) is 24.8 Å². The van der Waals surface area contributed by atoms with E-state index in [9.17, 15) is 4.79 Å². The van der Waals surface area contributed by atoms with Crippen LogP contribution in [0.5, 0.6) is 0 Å². The fourth-order valence-corrected chi connectivity index (χ4v) is 2.47. The molecule has 0 bridgehead atoms. The summed E-state index contributed by atoms with van der Waals surface area (Å²) in [5, 5.41) is 0. The van der Waals surface area contributed by atoms with E-state index in [4.69, 9.17) is 5.73 Å². The molecular weight excluding hydrogens is 250 g/mol. The predicted octanol–water partition coefficient (Wildman–Crippen LogP) is 1.32. The molecule has 0 aliphatic carbocycles. The molecule has 4 nitrogen and oxygen atoms in total. The molecule has 4 heteroatoms. The first-order valence-corrected chi connectivity index (χ1v) is 7.28. The topological polar surface area (TPSA) is 49.6 Å². The second-order valence-corrected chi connectivity index (χ2v) is 6.14. The smallest absolute Gasteiger partial charge is 0.229 e. The number of hydrogen-bond acceptors (Lipinski definition) is 3. The summed E-state index contributed by atoms with van der Waals surface area (Å²) in [6, 6.07) is 10.5. The lowest BCUT2D eigenvalue weighted by molar-refractivity contribution is -0.141. The molecule has 0 spiro atoms. The van der Waals surface area contributed by atoms with Crippen LogP contribution in [0.1, 0.15) is 19.4 Å². The van der Waals surface area contributed by atoms with Gasteiger partial charge in [0.2, 0.25) is 5.91 Å². The molecule has 1 saturated heterocycles. The van der Waals surface area contributed by atoms with Crippen molar-refractivity contribution in [2.75, 3.05) is 32.7 Å². The van der Waals surface area contributed by atoms with Gasteiger partial charge in [0.1, 0.15) is 0 Å². The Morgan fingerprint density at radius 1 is 1.15 bits per heavy atom. The van der Waals surface area contributed by atoms with Crippen LogP contribution in [-0.2, 0) is 11.3 Å². The molecule has 0 saturated carbocycles. The van der Waals surface area contributed by atoms with Crippen LogP contribution < -0.4 is 5.73 Å². The van der Waals surface area contributed by atoms with Gasteiger partial charge in [-0.1, -0.05) is 30.3 Å². The van der Waals surface area contributed by atoms with Crippen molar-refractivity contribution in [2.45, 2.75) is 20.4 Å². The van der Waals surface area contributed by atoms with E-state index in [1.165, 1.54) is 5.56 Å². The minimum absolute atomic E-state index is 0.180. The lowest BCUT2D eigenvalue weighted by Gasteiger charge is -2.38. The zero-order chi connectivity index (χ0) is 14.6. The van der Waals surface area contributed by atoms with Crippen LogP contribution in [0.4, 0.5) is 0 Å². The van der Waals surface area contributed by atoms with Crippen LogP contribution in [0.25, 0.3) is 0 Å². The van der Waals surface area contributed by atoms with E-state index in [2.05, 4.69) is 29.2 Å². The van der Waals surface area contributed by atoms with E-state index in [0.717, 1.165) is 32.7 Å². The molecule has 0 radical (unpaired) electrons.